The predicted molar refractivity (Wildman–Crippen MR) is 78.0 cm³/mol. The Kier molecular flexibility index (Phi) is 3.92. The number of tetrazole rings is 1. The van der Waals surface area contributed by atoms with Crippen LogP contribution in [0.1, 0.15) is 11.4 Å². The first-order valence-electron chi connectivity index (χ1n) is 6.50. The van der Waals surface area contributed by atoms with Crippen LogP contribution < -0.4 is 0 Å². The van der Waals surface area contributed by atoms with Crippen molar-refractivity contribution >= 4 is 11.6 Å². The molecule has 0 N–H and O–H groups in total. The summed E-state index contributed by atoms with van der Waals surface area (Å²) in [6.45, 7) is 0. The number of rotatable bonds is 4. The monoisotopic (exact) mass is 302 g/mol. The maximum atomic E-state index is 13.7. The largest absolute Gasteiger partial charge is 0.205 e. The maximum absolute atomic E-state index is 13.7. The first kappa shape index (κ1) is 13.7. The molecule has 0 amide bonds. The van der Waals surface area contributed by atoms with Crippen LogP contribution in [0.5, 0.6) is 0 Å². The first-order valence-corrected chi connectivity index (χ1v) is 6.88. The van der Waals surface area contributed by atoms with Crippen LogP contribution in [0.25, 0.3) is 5.69 Å². The number of aryl methyl sites for hydroxylation is 2. The Hall–Kier alpha value is -2.27. The molecule has 0 aliphatic heterocycles. The molecule has 0 aliphatic rings. The van der Waals surface area contributed by atoms with E-state index < -0.39 is 5.82 Å². The topological polar surface area (TPSA) is 43.6 Å². The summed E-state index contributed by atoms with van der Waals surface area (Å²) < 4.78 is 13.7. The van der Waals surface area contributed by atoms with Gasteiger partial charge >= 0.3 is 0 Å². The van der Waals surface area contributed by atoms with Gasteiger partial charge in [-0.2, -0.15) is 0 Å². The molecular weight excluding hydrogens is 291 g/mol. The van der Waals surface area contributed by atoms with Gasteiger partial charge in [0.15, 0.2) is 11.6 Å². The number of halogens is 2. The van der Waals surface area contributed by atoms with Gasteiger partial charge in [0.2, 0.25) is 0 Å². The fourth-order valence-electron chi connectivity index (χ4n) is 1.99. The van der Waals surface area contributed by atoms with Gasteiger partial charge in [-0.3, -0.25) is 0 Å². The summed E-state index contributed by atoms with van der Waals surface area (Å²) in [6, 6.07) is 14.3. The highest BCUT2D eigenvalue weighted by Crippen LogP contribution is 2.17. The van der Waals surface area contributed by atoms with Crippen LogP contribution in [0.4, 0.5) is 4.39 Å². The summed E-state index contributed by atoms with van der Waals surface area (Å²) in [6.07, 6.45) is 1.46. The smallest absolute Gasteiger partial charge is 0.175 e. The molecule has 106 valence electrons. The summed E-state index contributed by atoms with van der Waals surface area (Å²) in [5.41, 5.74) is 1.39. The molecular formula is C15H12ClFN4. The highest BCUT2D eigenvalue weighted by atomic mass is 35.5. The number of benzene rings is 2. The molecule has 3 aromatic rings. The Morgan fingerprint density at radius 2 is 1.86 bits per heavy atom. The van der Waals surface area contributed by atoms with E-state index in [1.165, 1.54) is 28.6 Å². The van der Waals surface area contributed by atoms with Crippen LogP contribution in [-0.2, 0) is 12.8 Å². The fourth-order valence-corrected chi connectivity index (χ4v) is 2.15. The Morgan fingerprint density at radius 3 is 2.67 bits per heavy atom. The second-order valence-corrected chi connectivity index (χ2v) is 5.01. The third kappa shape index (κ3) is 3.25. The Morgan fingerprint density at radius 1 is 1.05 bits per heavy atom. The predicted octanol–water partition coefficient (Wildman–Crippen LogP) is 3.24. The minimum absolute atomic E-state index is 0.195. The molecule has 0 radical (unpaired) electrons. The average Bonchev–Trinajstić information content (AvgIpc) is 2.97. The van der Waals surface area contributed by atoms with E-state index in [0.717, 1.165) is 6.42 Å². The molecule has 4 nitrogen and oxygen atoms in total. The quantitative estimate of drug-likeness (QED) is 0.743. The summed E-state index contributed by atoms with van der Waals surface area (Å²) in [7, 11) is 0. The zero-order chi connectivity index (χ0) is 14.7. The number of nitrogens with zero attached hydrogens (tertiary/aromatic N) is 4. The second-order valence-electron chi connectivity index (χ2n) is 4.58. The van der Waals surface area contributed by atoms with Crippen molar-refractivity contribution in [3.05, 3.63) is 70.8 Å². The first-order chi connectivity index (χ1) is 10.2. The van der Waals surface area contributed by atoms with E-state index >= 15 is 0 Å². The highest BCUT2D eigenvalue weighted by Gasteiger charge is 2.10. The lowest BCUT2D eigenvalue weighted by atomic mass is 10.1. The van der Waals surface area contributed by atoms with E-state index in [9.17, 15) is 4.39 Å². The van der Waals surface area contributed by atoms with Gasteiger partial charge in [-0.15, -0.1) is 15.0 Å². The zero-order valence-corrected chi connectivity index (χ0v) is 11.8. The average molecular weight is 303 g/mol. The molecule has 0 saturated heterocycles. The highest BCUT2D eigenvalue weighted by molar-refractivity contribution is 6.30. The molecule has 6 heteroatoms. The molecule has 1 heterocycles. The summed E-state index contributed by atoms with van der Waals surface area (Å²) >= 11 is 5.86. The standard InChI is InChI=1S/C15H12ClFN4/c16-12-7-8-13(17)14(10-12)21-19-15(18-20-21)9-6-11-4-2-1-3-5-11/h1-5,7-8,10H,6,9H2. The summed E-state index contributed by atoms with van der Waals surface area (Å²) in [5, 5.41) is 12.4. The second kappa shape index (κ2) is 6.01. The summed E-state index contributed by atoms with van der Waals surface area (Å²) in [5.74, 6) is 0.129. The van der Waals surface area contributed by atoms with Crippen LogP contribution in [0, 0.1) is 5.82 Å². The Balaban J connectivity index is 1.76. The lowest BCUT2D eigenvalue weighted by molar-refractivity contribution is 0.591. The number of aromatic nitrogens is 4. The van der Waals surface area contributed by atoms with Gasteiger partial charge in [0.1, 0.15) is 5.69 Å². The zero-order valence-electron chi connectivity index (χ0n) is 11.1. The van der Waals surface area contributed by atoms with E-state index in [1.54, 1.807) is 0 Å². The van der Waals surface area contributed by atoms with Crippen LogP contribution in [-0.4, -0.2) is 20.2 Å². The molecule has 0 bridgehead atoms. The molecule has 3 rings (SSSR count). The molecule has 2 aromatic carbocycles. The van der Waals surface area contributed by atoms with Crippen LogP contribution >= 0.6 is 11.6 Å². The van der Waals surface area contributed by atoms with E-state index in [4.69, 9.17) is 11.6 Å². The lowest BCUT2D eigenvalue weighted by Crippen LogP contribution is -2.02. The van der Waals surface area contributed by atoms with E-state index in [-0.39, 0.29) is 5.69 Å². The maximum Gasteiger partial charge on any atom is 0.175 e. The Labute approximate surface area is 126 Å². The number of hydrogen-bond acceptors (Lipinski definition) is 3. The fraction of sp³-hybridized carbons (Fsp3) is 0.133. The molecule has 0 aliphatic carbocycles. The van der Waals surface area contributed by atoms with Crippen LogP contribution in [0.2, 0.25) is 5.02 Å². The van der Waals surface area contributed by atoms with Crippen molar-refractivity contribution in [2.24, 2.45) is 0 Å². The normalized spacial score (nSPS) is 10.8. The molecule has 0 unspecified atom stereocenters. The molecule has 0 fully saturated rings. The molecule has 0 saturated carbocycles. The third-order valence-electron chi connectivity index (χ3n) is 3.06. The SMILES string of the molecule is Fc1ccc(Cl)cc1-n1nnc(CCc2ccccc2)n1. The van der Waals surface area contributed by atoms with Crippen LogP contribution in [0.15, 0.2) is 48.5 Å². The van der Waals surface area contributed by atoms with Crippen molar-refractivity contribution < 1.29 is 4.39 Å². The Bertz CT molecular complexity index is 742. The van der Waals surface area contributed by atoms with Gasteiger partial charge in [0, 0.05) is 11.4 Å². The van der Waals surface area contributed by atoms with Crippen molar-refractivity contribution in [1.29, 1.82) is 0 Å². The van der Waals surface area contributed by atoms with Gasteiger partial charge in [-0.05, 0) is 35.4 Å². The van der Waals surface area contributed by atoms with Crippen molar-refractivity contribution in [2.45, 2.75) is 12.8 Å². The van der Waals surface area contributed by atoms with Gasteiger partial charge in [-0.25, -0.2) is 4.39 Å². The minimum Gasteiger partial charge on any atom is -0.205 e. The number of hydrogen-bond donors (Lipinski definition) is 0. The van der Waals surface area contributed by atoms with Crippen molar-refractivity contribution in [2.75, 3.05) is 0 Å². The lowest BCUT2D eigenvalue weighted by Gasteiger charge is -2.00. The van der Waals surface area contributed by atoms with Gasteiger partial charge in [0.05, 0.1) is 0 Å². The third-order valence-corrected chi connectivity index (χ3v) is 3.29. The van der Waals surface area contributed by atoms with Gasteiger partial charge in [0.25, 0.3) is 0 Å². The van der Waals surface area contributed by atoms with E-state index in [1.807, 2.05) is 30.3 Å². The minimum atomic E-state index is -0.439. The van der Waals surface area contributed by atoms with E-state index in [0.29, 0.717) is 17.3 Å². The molecule has 0 atom stereocenters. The van der Waals surface area contributed by atoms with Crippen molar-refractivity contribution in [3.8, 4) is 5.69 Å². The van der Waals surface area contributed by atoms with Crippen molar-refractivity contribution in [1.82, 2.24) is 20.2 Å². The molecule has 1 aromatic heterocycles. The molecule has 21 heavy (non-hydrogen) atoms. The van der Waals surface area contributed by atoms with Crippen molar-refractivity contribution in [3.63, 3.8) is 0 Å². The molecule has 0 spiro atoms. The van der Waals surface area contributed by atoms with E-state index in [2.05, 4.69) is 15.4 Å². The summed E-state index contributed by atoms with van der Waals surface area (Å²) in [4.78, 5) is 1.17. The van der Waals surface area contributed by atoms with Gasteiger partial charge in [-0.1, -0.05) is 41.9 Å². The van der Waals surface area contributed by atoms with Gasteiger partial charge < -0.3 is 0 Å². The van der Waals surface area contributed by atoms with Crippen LogP contribution in [0.3, 0.4) is 0 Å².